The van der Waals surface area contributed by atoms with Crippen LogP contribution in [0.1, 0.15) is 38.1 Å². The van der Waals surface area contributed by atoms with Crippen LogP contribution >= 0.6 is 11.8 Å². The summed E-state index contributed by atoms with van der Waals surface area (Å²) in [6, 6.07) is 0. The van der Waals surface area contributed by atoms with Gasteiger partial charge in [0.25, 0.3) is 0 Å². The molecule has 0 radical (unpaired) electrons. The van der Waals surface area contributed by atoms with Crippen LogP contribution in [-0.2, 0) is 0 Å². The average molecular weight is 282 g/mol. The second kappa shape index (κ2) is 7.70. The Morgan fingerprint density at radius 3 is 2.47 bits per heavy atom. The first-order valence-corrected chi connectivity index (χ1v) is 7.84. The zero-order valence-corrected chi connectivity index (χ0v) is 13.8. The third-order valence-electron chi connectivity index (χ3n) is 2.76. The summed E-state index contributed by atoms with van der Waals surface area (Å²) in [5.41, 5.74) is 1.16. The molecule has 0 amide bonds. The van der Waals surface area contributed by atoms with Crippen molar-refractivity contribution >= 4 is 17.6 Å². The molecule has 4 nitrogen and oxygen atoms in total. The maximum atomic E-state index is 4.70. The molecule has 0 saturated carbocycles. The number of thioether (sulfide) groups is 1. The quantitative estimate of drug-likeness (QED) is 0.615. The highest BCUT2D eigenvalue weighted by Gasteiger charge is 2.13. The van der Waals surface area contributed by atoms with E-state index >= 15 is 0 Å². The molecule has 0 saturated heterocycles. The minimum Gasteiger partial charge on any atom is -0.370 e. The number of hydrogen-bond acceptors (Lipinski definition) is 5. The highest BCUT2D eigenvalue weighted by Crippen LogP contribution is 2.26. The Kier molecular flexibility index (Phi) is 6.58. The van der Waals surface area contributed by atoms with Crippen LogP contribution in [0.25, 0.3) is 0 Å². The Morgan fingerprint density at radius 1 is 1.26 bits per heavy atom. The molecule has 108 valence electrons. The van der Waals surface area contributed by atoms with Crippen LogP contribution in [0.15, 0.2) is 5.03 Å². The van der Waals surface area contributed by atoms with Gasteiger partial charge in [-0.1, -0.05) is 13.8 Å². The van der Waals surface area contributed by atoms with Crippen molar-refractivity contribution in [3.8, 4) is 0 Å². The summed E-state index contributed by atoms with van der Waals surface area (Å²) in [7, 11) is 4.19. The first-order valence-electron chi connectivity index (χ1n) is 6.85. The molecule has 0 bridgehead atoms. The average Bonchev–Trinajstić information content (AvgIpc) is 2.33. The molecular formula is C14H26N4S. The molecule has 1 rings (SSSR count). The fourth-order valence-electron chi connectivity index (χ4n) is 1.58. The SMILES string of the molecule is CCNc1nc(C(C)C)nc(SCCN(C)C)c1C. The van der Waals surface area contributed by atoms with E-state index < -0.39 is 0 Å². The Balaban J connectivity index is 2.93. The summed E-state index contributed by atoms with van der Waals surface area (Å²) in [5, 5.41) is 4.44. The highest BCUT2D eigenvalue weighted by atomic mass is 32.2. The van der Waals surface area contributed by atoms with Gasteiger partial charge in [-0.05, 0) is 27.9 Å². The summed E-state index contributed by atoms with van der Waals surface area (Å²) < 4.78 is 0. The monoisotopic (exact) mass is 282 g/mol. The van der Waals surface area contributed by atoms with Crippen molar-refractivity contribution in [2.45, 2.75) is 38.6 Å². The van der Waals surface area contributed by atoms with Crippen molar-refractivity contribution in [2.24, 2.45) is 0 Å². The zero-order valence-electron chi connectivity index (χ0n) is 12.9. The number of nitrogens with one attached hydrogen (secondary N) is 1. The minimum absolute atomic E-state index is 0.353. The van der Waals surface area contributed by atoms with Crippen LogP contribution in [0.5, 0.6) is 0 Å². The normalized spacial score (nSPS) is 11.4. The van der Waals surface area contributed by atoms with Crippen molar-refractivity contribution in [1.29, 1.82) is 0 Å². The lowest BCUT2D eigenvalue weighted by Crippen LogP contribution is -2.15. The number of hydrogen-bond donors (Lipinski definition) is 1. The number of nitrogens with zero attached hydrogens (tertiary/aromatic N) is 3. The van der Waals surface area contributed by atoms with E-state index in [2.05, 4.69) is 57.0 Å². The van der Waals surface area contributed by atoms with Gasteiger partial charge in [0.05, 0.1) is 0 Å². The Hall–Kier alpha value is -0.810. The van der Waals surface area contributed by atoms with Crippen molar-refractivity contribution in [1.82, 2.24) is 14.9 Å². The number of rotatable bonds is 7. The zero-order chi connectivity index (χ0) is 14.4. The van der Waals surface area contributed by atoms with Crippen molar-refractivity contribution < 1.29 is 0 Å². The van der Waals surface area contributed by atoms with Gasteiger partial charge in [0.15, 0.2) is 0 Å². The Morgan fingerprint density at radius 2 is 1.95 bits per heavy atom. The van der Waals surface area contributed by atoms with Gasteiger partial charge in [-0.3, -0.25) is 0 Å². The first-order chi connectivity index (χ1) is 8.95. The Labute approximate surface area is 121 Å². The van der Waals surface area contributed by atoms with Gasteiger partial charge >= 0.3 is 0 Å². The van der Waals surface area contributed by atoms with Crippen LogP contribution in [0.3, 0.4) is 0 Å². The predicted octanol–water partition coefficient (Wildman–Crippen LogP) is 2.99. The summed E-state index contributed by atoms with van der Waals surface area (Å²) in [6.07, 6.45) is 0. The topological polar surface area (TPSA) is 41.1 Å². The Bertz CT molecular complexity index is 405. The molecule has 19 heavy (non-hydrogen) atoms. The summed E-state index contributed by atoms with van der Waals surface area (Å²) >= 11 is 1.81. The second-order valence-corrected chi connectivity index (χ2v) is 6.28. The van der Waals surface area contributed by atoms with Gasteiger partial charge in [0.2, 0.25) is 0 Å². The molecule has 0 aliphatic rings. The van der Waals surface area contributed by atoms with Crippen LogP contribution in [0.2, 0.25) is 0 Å². The molecule has 1 heterocycles. The number of aromatic nitrogens is 2. The van der Waals surface area contributed by atoms with Crippen molar-refractivity contribution in [3.05, 3.63) is 11.4 Å². The standard InChI is InChI=1S/C14H26N4S/c1-7-15-13-11(4)14(19-9-8-18(5)6)17-12(16-13)10(2)3/h10H,7-9H2,1-6H3,(H,15,16,17). The van der Waals surface area contributed by atoms with Gasteiger partial charge in [0, 0.05) is 30.3 Å². The van der Waals surface area contributed by atoms with E-state index in [4.69, 9.17) is 4.98 Å². The van der Waals surface area contributed by atoms with Crippen LogP contribution in [-0.4, -0.2) is 47.8 Å². The van der Waals surface area contributed by atoms with Crippen LogP contribution < -0.4 is 5.32 Å². The fourth-order valence-corrected chi connectivity index (χ4v) is 2.70. The fraction of sp³-hybridized carbons (Fsp3) is 0.714. The molecule has 0 spiro atoms. The molecule has 0 aromatic carbocycles. The van der Waals surface area contributed by atoms with E-state index in [1.165, 1.54) is 0 Å². The van der Waals surface area contributed by atoms with Gasteiger partial charge in [0.1, 0.15) is 16.7 Å². The van der Waals surface area contributed by atoms with E-state index in [-0.39, 0.29) is 0 Å². The van der Waals surface area contributed by atoms with E-state index in [1.54, 1.807) is 0 Å². The van der Waals surface area contributed by atoms with Gasteiger partial charge in [-0.2, -0.15) is 0 Å². The van der Waals surface area contributed by atoms with Crippen LogP contribution in [0, 0.1) is 6.92 Å². The van der Waals surface area contributed by atoms with E-state index in [9.17, 15) is 0 Å². The lowest BCUT2D eigenvalue weighted by molar-refractivity contribution is 0.437. The maximum absolute atomic E-state index is 4.70. The predicted molar refractivity (Wildman–Crippen MR) is 84.3 cm³/mol. The van der Waals surface area contributed by atoms with Gasteiger partial charge in [-0.15, -0.1) is 11.8 Å². The smallest absolute Gasteiger partial charge is 0.134 e. The third kappa shape index (κ3) is 4.99. The van der Waals surface area contributed by atoms with Gasteiger partial charge < -0.3 is 10.2 Å². The molecule has 0 atom stereocenters. The second-order valence-electron chi connectivity index (χ2n) is 5.20. The number of anilines is 1. The lowest BCUT2D eigenvalue weighted by Gasteiger charge is -2.15. The summed E-state index contributed by atoms with van der Waals surface area (Å²) in [4.78, 5) is 11.5. The first kappa shape index (κ1) is 16.2. The van der Waals surface area contributed by atoms with E-state index in [0.717, 1.165) is 41.1 Å². The molecule has 0 aliphatic heterocycles. The molecular weight excluding hydrogens is 256 g/mol. The third-order valence-corrected chi connectivity index (χ3v) is 3.81. The van der Waals surface area contributed by atoms with Crippen molar-refractivity contribution in [3.63, 3.8) is 0 Å². The molecule has 0 unspecified atom stereocenters. The van der Waals surface area contributed by atoms with E-state index in [1.807, 2.05) is 11.8 Å². The molecule has 5 heteroatoms. The maximum Gasteiger partial charge on any atom is 0.134 e. The molecule has 0 aliphatic carbocycles. The largest absolute Gasteiger partial charge is 0.370 e. The molecule has 1 N–H and O–H groups in total. The minimum atomic E-state index is 0.353. The highest BCUT2D eigenvalue weighted by molar-refractivity contribution is 7.99. The summed E-state index contributed by atoms with van der Waals surface area (Å²) in [5.74, 6) is 3.31. The van der Waals surface area contributed by atoms with Gasteiger partial charge in [-0.25, -0.2) is 9.97 Å². The summed E-state index contributed by atoms with van der Waals surface area (Å²) in [6.45, 7) is 10.4. The van der Waals surface area contributed by atoms with E-state index in [0.29, 0.717) is 5.92 Å². The molecule has 1 aromatic rings. The molecule has 1 aromatic heterocycles. The lowest BCUT2D eigenvalue weighted by atomic mass is 10.2. The van der Waals surface area contributed by atoms with Crippen molar-refractivity contribution in [2.75, 3.05) is 38.3 Å². The molecule has 0 fully saturated rings. The van der Waals surface area contributed by atoms with Crippen LogP contribution in [0.4, 0.5) is 5.82 Å².